The van der Waals surface area contributed by atoms with Gasteiger partial charge < -0.3 is 10.1 Å². The molecule has 0 aromatic heterocycles. The first-order chi connectivity index (χ1) is 9.60. The highest BCUT2D eigenvalue weighted by atomic mass is 35.5. The number of methoxy groups -OCH3 is 1. The summed E-state index contributed by atoms with van der Waals surface area (Å²) in [6.45, 7) is 2.66. The molecule has 0 spiro atoms. The predicted octanol–water partition coefficient (Wildman–Crippen LogP) is 4.34. The largest absolute Gasteiger partial charge is 0.496 e. The van der Waals surface area contributed by atoms with E-state index in [0.29, 0.717) is 17.3 Å². The molecule has 106 valence electrons. The standard InChI is InChI=1S/C16H17ClFNO/c1-11(15-9-14(18)7-8-16(15)20-2)19-10-12-3-5-13(17)6-4-12/h3-9,11,19H,10H2,1-2H3. The van der Waals surface area contributed by atoms with Crippen molar-refractivity contribution in [3.05, 3.63) is 64.4 Å². The van der Waals surface area contributed by atoms with Gasteiger partial charge in [0.05, 0.1) is 7.11 Å². The third-order valence-corrected chi connectivity index (χ3v) is 3.44. The zero-order valence-electron chi connectivity index (χ0n) is 11.5. The first-order valence-corrected chi connectivity index (χ1v) is 6.79. The van der Waals surface area contributed by atoms with E-state index in [1.807, 2.05) is 31.2 Å². The van der Waals surface area contributed by atoms with Gasteiger partial charge in [-0.3, -0.25) is 0 Å². The minimum atomic E-state index is -0.263. The third kappa shape index (κ3) is 3.71. The first kappa shape index (κ1) is 14.8. The Labute approximate surface area is 123 Å². The lowest BCUT2D eigenvalue weighted by Gasteiger charge is -2.17. The van der Waals surface area contributed by atoms with E-state index in [4.69, 9.17) is 16.3 Å². The molecule has 0 aliphatic carbocycles. The Morgan fingerprint density at radius 1 is 1.20 bits per heavy atom. The van der Waals surface area contributed by atoms with Gasteiger partial charge in [0.15, 0.2) is 0 Å². The lowest BCUT2D eigenvalue weighted by Crippen LogP contribution is -2.18. The fourth-order valence-electron chi connectivity index (χ4n) is 2.03. The normalized spacial score (nSPS) is 12.2. The molecule has 0 saturated heterocycles. The summed E-state index contributed by atoms with van der Waals surface area (Å²) in [6, 6.07) is 12.2. The van der Waals surface area contributed by atoms with Crippen molar-refractivity contribution in [2.24, 2.45) is 0 Å². The molecular formula is C16H17ClFNO. The van der Waals surface area contributed by atoms with E-state index >= 15 is 0 Å². The molecule has 20 heavy (non-hydrogen) atoms. The Kier molecular flexibility index (Phi) is 4.99. The summed E-state index contributed by atoms with van der Waals surface area (Å²) in [7, 11) is 1.59. The van der Waals surface area contributed by atoms with Crippen molar-refractivity contribution in [2.45, 2.75) is 19.5 Å². The van der Waals surface area contributed by atoms with Crippen LogP contribution in [0.2, 0.25) is 5.02 Å². The average Bonchev–Trinajstić information content (AvgIpc) is 2.46. The molecule has 1 atom stereocenters. The molecule has 0 aliphatic heterocycles. The molecule has 1 N–H and O–H groups in total. The van der Waals surface area contributed by atoms with Crippen LogP contribution in [0.4, 0.5) is 4.39 Å². The second-order valence-corrected chi connectivity index (χ2v) is 5.05. The molecule has 2 aromatic rings. The van der Waals surface area contributed by atoms with Crippen LogP contribution in [-0.2, 0) is 6.54 Å². The molecular weight excluding hydrogens is 277 g/mol. The zero-order valence-corrected chi connectivity index (χ0v) is 12.2. The highest BCUT2D eigenvalue weighted by molar-refractivity contribution is 6.30. The van der Waals surface area contributed by atoms with Gasteiger partial charge in [-0.1, -0.05) is 23.7 Å². The Bertz CT molecular complexity index is 571. The minimum Gasteiger partial charge on any atom is -0.496 e. The van der Waals surface area contributed by atoms with Gasteiger partial charge in [-0.2, -0.15) is 0 Å². The Balaban J connectivity index is 2.06. The molecule has 4 heteroatoms. The molecule has 2 rings (SSSR count). The summed E-state index contributed by atoms with van der Waals surface area (Å²) in [5.41, 5.74) is 1.93. The zero-order chi connectivity index (χ0) is 14.5. The van der Waals surface area contributed by atoms with Crippen LogP contribution in [-0.4, -0.2) is 7.11 Å². The summed E-state index contributed by atoms with van der Waals surface area (Å²) in [5, 5.41) is 4.06. The van der Waals surface area contributed by atoms with Gasteiger partial charge in [-0.25, -0.2) is 4.39 Å². The molecule has 1 unspecified atom stereocenters. The maximum absolute atomic E-state index is 13.4. The monoisotopic (exact) mass is 293 g/mol. The van der Waals surface area contributed by atoms with Crippen molar-refractivity contribution in [2.75, 3.05) is 7.11 Å². The fraction of sp³-hybridized carbons (Fsp3) is 0.250. The van der Waals surface area contributed by atoms with E-state index in [0.717, 1.165) is 11.1 Å². The van der Waals surface area contributed by atoms with Gasteiger partial charge in [0.2, 0.25) is 0 Å². The smallest absolute Gasteiger partial charge is 0.123 e. The van der Waals surface area contributed by atoms with Crippen LogP contribution in [0.15, 0.2) is 42.5 Å². The quantitative estimate of drug-likeness (QED) is 0.885. The highest BCUT2D eigenvalue weighted by Gasteiger charge is 2.12. The number of benzene rings is 2. The molecule has 0 amide bonds. The van der Waals surface area contributed by atoms with Gasteiger partial charge in [-0.15, -0.1) is 0 Å². The summed E-state index contributed by atoms with van der Waals surface area (Å²) in [4.78, 5) is 0. The van der Waals surface area contributed by atoms with E-state index in [1.165, 1.54) is 12.1 Å². The molecule has 0 bridgehead atoms. The van der Waals surface area contributed by atoms with Crippen LogP contribution in [0.25, 0.3) is 0 Å². The van der Waals surface area contributed by atoms with Crippen LogP contribution in [0, 0.1) is 5.82 Å². The van der Waals surface area contributed by atoms with E-state index in [9.17, 15) is 4.39 Å². The lowest BCUT2D eigenvalue weighted by molar-refractivity contribution is 0.399. The molecule has 0 fully saturated rings. The second kappa shape index (κ2) is 6.73. The van der Waals surface area contributed by atoms with E-state index < -0.39 is 0 Å². The van der Waals surface area contributed by atoms with E-state index in [-0.39, 0.29) is 11.9 Å². The number of hydrogen-bond donors (Lipinski definition) is 1. The molecule has 2 aromatic carbocycles. The van der Waals surface area contributed by atoms with E-state index in [2.05, 4.69) is 5.32 Å². The van der Waals surface area contributed by atoms with Crippen molar-refractivity contribution in [3.63, 3.8) is 0 Å². The van der Waals surface area contributed by atoms with Crippen LogP contribution >= 0.6 is 11.6 Å². The van der Waals surface area contributed by atoms with Crippen LogP contribution in [0.3, 0.4) is 0 Å². The van der Waals surface area contributed by atoms with Gasteiger partial charge in [-0.05, 0) is 42.8 Å². The summed E-state index contributed by atoms with van der Waals surface area (Å²) in [6.07, 6.45) is 0. The molecule has 0 saturated carbocycles. The Morgan fingerprint density at radius 2 is 1.90 bits per heavy atom. The number of halogens is 2. The molecule has 0 heterocycles. The average molecular weight is 294 g/mol. The summed E-state index contributed by atoms with van der Waals surface area (Å²) in [5.74, 6) is 0.420. The molecule has 0 radical (unpaired) electrons. The number of nitrogens with one attached hydrogen (secondary N) is 1. The molecule has 2 nitrogen and oxygen atoms in total. The number of rotatable bonds is 5. The molecule has 0 aliphatic rings. The van der Waals surface area contributed by atoms with Crippen LogP contribution in [0.1, 0.15) is 24.1 Å². The highest BCUT2D eigenvalue weighted by Crippen LogP contribution is 2.26. The topological polar surface area (TPSA) is 21.3 Å². The number of ether oxygens (including phenoxy) is 1. The van der Waals surface area contributed by atoms with Gasteiger partial charge in [0.1, 0.15) is 11.6 Å². The lowest BCUT2D eigenvalue weighted by atomic mass is 10.1. The van der Waals surface area contributed by atoms with Crippen molar-refractivity contribution >= 4 is 11.6 Å². The van der Waals surface area contributed by atoms with E-state index in [1.54, 1.807) is 13.2 Å². The fourth-order valence-corrected chi connectivity index (χ4v) is 2.15. The Hall–Kier alpha value is -1.58. The van der Waals surface area contributed by atoms with Crippen molar-refractivity contribution in [3.8, 4) is 5.75 Å². The number of hydrogen-bond acceptors (Lipinski definition) is 2. The van der Waals surface area contributed by atoms with Crippen molar-refractivity contribution in [1.29, 1.82) is 0 Å². The Morgan fingerprint density at radius 3 is 2.55 bits per heavy atom. The second-order valence-electron chi connectivity index (χ2n) is 4.62. The van der Waals surface area contributed by atoms with Crippen molar-refractivity contribution < 1.29 is 9.13 Å². The summed E-state index contributed by atoms with van der Waals surface area (Å²) >= 11 is 5.85. The van der Waals surface area contributed by atoms with Gasteiger partial charge >= 0.3 is 0 Å². The van der Waals surface area contributed by atoms with Crippen LogP contribution in [0.5, 0.6) is 5.75 Å². The van der Waals surface area contributed by atoms with Gasteiger partial charge in [0.25, 0.3) is 0 Å². The third-order valence-electron chi connectivity index (χ3n) is 3.18. The first-order valence-electron chi connectivity index (χ1n) is 6.41. The predicted molar refractivity (Wildman–Crippen MR) is 79.7 cm³/mol. The summed E-state index contributed by atoms with van der Waals surface area (Å²) < 4.78 is 18.6. The maximum atomic E-state index is 13.4. The van der Waals surface area contributed by atoms with Gasteiger partial charge in [0, 0.05) is 23.2 Å². The SMILES string of the molecule is COc1ccc(F)cc1C(C)NCc1ccc(Cl)cc1. The minimum absolute atomic E-state index is 0.0173. The maximum Gasteiger partial charge on any atom is 0.123 e. The van der Waals surface area contributed by atoms with Crippen LogP contribution < -0.4 is 10.1 Å². The van der Waals surface area contributed by atoms with Crippen molar-refractivity contribution in [1.82, 2.24) is 5.32 Å².